The van der Waals surface area contributed by atoms with Crippen LogP contribution in [0, 0.1) is 12.1 Å². The molecule has 0 aliphatic rings. The van der Waals surface area contributed by atoms with E-state index in [0.29, 0.717) is 28.9 Å². The summed E-state index contributed by atoms with van der Waals surface area (Å²) < 4.78 is 15.4. The van der Waals surface area contributed by atoms with Gasteiger partial charge in [-0.2, -0.15) is 0 Å². The molecule has 0 N–H and O–H groups in total. The Kier molecular flexibility index (Phi) is 10.2. The number of nitrogens with zero attached hydrogens (tertiary/aromatic N) is 4. The van der Waals surface area contributed by atoms with Gasteiger partial charge in [-0.3, -0.25) is 9.97 Å². The summed E-state index contributed by atoms with van der Waals surface area (Å²) >= 11 is 0. The fourth-order valence-electron chi connectivity index (χ4n) is 7.33. The second-order valence-electron chi connectivity index (χ2n) is 14.2. The summed E-state index contributed by atoms with van der Waals surface area (Å²) in [4.78, 5) is 14.5. The van der Waals surface area contributed by atoms with E-state index in [2.05, 4.69) is 91.8 Å². The van der Waals surface area contributed by atoms with Crippen molar-refractivity contribution in [2.24, 2.45) is 0 Å². The van der Waals surface area contributed by atoms with Crippen molar-refractivity contribution in [3.05, 3.63) is 169 Å². The van der Waals surface area contributed by atoms with Crippen molar-refractivity contribution < 1.29 is 28.9 Å². The van der Waals surface area contributed by atoms with E-state index in [9.17, 15) is 0 Å². The zero-order valence-electron chi connectivity index (χ0n) is 31.4. The Labute approximate surface area is 339 Å². The van der Waals surface area contributed by atoms with E-state index in [1.54, 1.807) is 6.20 Å². The van der Waals surface area contributed by atoms with Crippen LogP contribution in [0.2, 0.25) is 0 Å². The van der Waals surface area contributed by atoms with Gasteiger partial charge in [0.2, 0.25) is 5.89 Å². The predicted molar refractivity (Wildman–Crippen MR) is 222 cm³/mol. The van der Waals surface area contributed by atoms with E-state index in [0.717, 1.165) is 66.8 Å². The number of furan rings is 1. The van der Waals surface area contributed by atoms with Gasteiger partial charge in [0.15, 0.2) is 0 Å². The molecule has 4 heterocycles. The second-order valence-corrected chi connectivity index (χ2v) is 14.2. The number of oxazole rings is 1. The number of para-hydroxylation sites is 4. The summed E-state index contributed by atoms with van der Waals surface area (Å²) in [5.74, 6) is 1.93. The van der Waals surface area contributed by atoms with Crippen LogP contribution in [0.5, 0.6) is 0 Å². The predicted octanol–water partition coefficient (Wildman–Crippen LogP) is 13.0. The molecule has 6 nitrogen and oxygen atoms in total. The van der Waals surface area contributed by atoms with Crippen molar-refractivity contribution in [3.63, 3.8) is 0 Å². The fraction of sp³-hybridized carbons (Fsp3) is 0.122. The summed E-state index contributed by atoms with van der Waals surface area (Å²) in [6, 6.07) is 53.4. The standard InChI is InChI=1S/C38H30N3O2.C11H8N.Ir/c1-22(2)25-16-12-17-26(23(3)4)35(25)41-30-19-10-9-18-29(30)39-37(41)28-21-32-34(40-38(43-32)24-13-6-5-7-14-24)33-27-15-8-11-20-31(27)42-36(28)33;1-2-6-10(7-3-1)11-8-4-5-9-12-11;/h5-20,22-23H,1-4H3;1-6,8-9H;/q2*-1;. The van der Waals surface area contributed by atoms with E-state index in [1.807, 2.05) is 97.1 Å². The third-order valence-corrected chi connectivity index (χ3v) is 9.95. The van der Waals surface area contributed by atoms with Crippen LogP contribution < -0.4 is 0 Å². The first-order valence-corrected chi connectivity index (χ1v) is 18.7. The van der Waals surface area contributed by atoms with Gasteiger partial charge in [-0.15, -0.1) is 35.9 Å². The van der Waals surface area contributed by atoms with Crippen LogP contribution in [-0.2, 0) is 20.1 Å². The maximum absolute atomic E-state index is 6.64. The number of hydrogen-bond donors (Lipinski definition) is 0. The molecule has 0 saturated carbocycles. The average Bonchev–Trinajstić information content (AvgIpc) is 3.95. The van der Waals surface area contributed by atoms with Crippen LogP contribution in [0.15, 0.2) is 155 Å². The molecule has 0 aliphatic carbocycles. The zero-order chi connectivity index (χ0) is 37.5. The number of imidazole rings is 1. The van der Waals surface area contributed by atoms with Gasteiger partial charge in [0.05, 0.1) is 28.0 Å². The van der Waals surface area contributed by atoms with Gasteiger partial charge < -0.3 is 18.4 Å². The number of benzene rings is 6. The summed E-state index contributed by atoms with van der Waals surface area (Å²) in [5, 5.41) is 1.89. The Morgan fingerprint density at radius 3 is 2.11 bits per heavy atom. The Hall–Kier alpha value is -6.14. The SMILES string of the molecule is CC(C)c1cccc(C(C)C)c1-n1c(-c2[c-]c3oc(-c4ccccc4)nc3c3c2oc2ccccc23)nc2ccccc21.[Ir].[c-]1ccccc1-c1ccccn1. The van der Waals surface area contributed by atoms with E-state index in [4.69, 9.17) is 18.8 Å². The molecule has 0 atom stereocenters. The second kappa shape index (κ2) is 15.5. The average molecular weight is 907 g/mol. The summed E-state index contributed by atoms with van der Waals surface area (Å²) in [7, 11) is 0. The number of hydrogen-bond acceptors (Lipinski definition) is 5. The normalized spacial score (nSPS) is 11.4. The van der Waals surface area contributed by atoms with Gasteiger partial charge in [0, 0.05) is 48.5 Å². The topological polar surface area (TPSA) is 69.9 Å². The molecule has 56 heavy (non-hydrogen) atoms. The van der Waals surface area contributed by atoms with Crippen LogP contribution in [0.1, 0.15) is 50.7 Å². The first-order valence-electron chi connectivity index (χ1n) is 18.7. The minimum Gasteiger partial charge on any atom is -0.500 e. The summed E-state index contributed by atoms with van der Waals surface area (Å²) in [5.41, 5.74) is 12.1. The van der Waals surface area contributed by atoms with E-state index >= 15 is 0 Å². The Morgan fingerprint density at radius 2 is 1.38 bits per heavy atom. The fourth-order valence-corrected chi connectivity index (χ4v) is 7.33. The molecule has 10 rings (SSSR count). The van der Waals surface area contributed by atoms with Crippen molar-refractivity contribution in [1.29, 1.82) is 0 Å². The molecule has 4 aromatic heterocycles. The maximum atomic E-state index is 6.64. The molecule has 0 unspecified atom stereocenters. The largest absolute Gasteiger partial charge is 0.500 e. The molecule has 6 aromatic carbocycles. The molecule has 0 saturated heterocycles. The molecule has 0 spiro atoms. The molecular weight excluding hydrogens is 869 g/mol. The van der Waals surface area contributed by atoms with Crippen molar-refractivity contribution in [2.45, 2.75) is 39.5 Å². The van der Waals surface area contributed by atoms with Crippen molar-refractivity contribution >= 4 is 44.1 Å². The first kappa shape index (κ1) is 36.8. The Bertz CT molecular complexity index is 2870. The molecule has 277 valence electrons. The zero-order valence-corrected chi connectivity index (χ0v) is 33.8. The van der Waals surface area contributed by atoms with E-state index in [-0.39, 0.29) is 20.1 Å². The van der Waals surface area contributed by atoms with Gasteiger partial charge in [-0.1, -0.05) is 118 Å². The van der Waals surface area contributed by atoms with Crippen LogP contribution in [-0.4, -0.2) is 19.5 Å². The van der Waals surface area contributed by atoms with Crippen LogP contribution in [0.25, 0.3) is 83.9 Å². The van der Waals surface area contributed by atoms with Gasteiger partial charge in [-0.05, 0) is 70.4 Å². The first-order chi connectivity index (χ1) is 27.0. The van der Waals surface area contributed by atoms with Crippen LogP contribution in [0.3, 0.4) is 0 Å². The van der Waals surface area contributed by atoms with Gasteiger partial charge in [0.1, 0.15) is 5.58 Å². The molecule has 0 bridgehead atoms. The van der Waals surface area contributed by atoms with Gasteiger partial charge in [-0.25, -0.2) is 0 Å². The summed E-state index contributed by atoms with van der Waals surface area (Å²) in [6.45, 7) is 8.99. The molecule has 0 aliphatic heterocycles. The van der Waals surface area contributed by atoms with Crippen molar-refractivity contribution in [3.8, 4) is 39.8 Å². The van der Waals surface area contributed by atoms with Crippen molar-refractivity contribution in [2.75, 3.05) is 0 Å². The monoisotopic (exact) mass is 907 g/mol. The third kappa shape index (κ3) is 6.63. The van der Waals surface area contributed by atoms with E-state index in [1.165, 1.54) is 11.1 Å². The number of fused-ring (bicyclic) bond motifs is 6. The molecule has 0 amide bonds. The third-order valence-electron chi connectivity index (χ3n) is 9.95. The minimum atomic E-state index is 0. The Balaban J connectivity index is 0.000000290. The molecule has 10 aromatic rings. The van der Waals surface area contributed by atoms with Gasteiger partial charge >= 0.3 is 0 Å². The van der Waals surface area contributed by atoms with Gasteiger partial charge in [0.25, 0.3) is 0 Å². The molecule has 0 fully saturated rings. The smallest absolute Gasteiger partial charge is 0.215 e. The number of rotatable bonds is 6. The minimum absolute atomic E-state index is 0. The maximum Gasteiger partial charge on any atom is 0.215 e. The molecule has 7 heteroatoms. The summed E-state index contributed by atoms with van der Waals surface area (Å²) in [6.07, 6.45) is 1.79. The Morgan fingerprint density at radius 1 is 0.661 bits per heavy atom. The quantitative estimate of drug-likeness (QED) is 0.155. The molecular formula is C49H38IrN4O2-2. The van der Waals surface area contributed by atoms with Crippen molar-refractivity contribution in [1.82, 2.24) is 19.5 Å². The number of pyridine rings is 1. The number of aromatic nitrogens is 4. The van der Waals surface area contributed by atoms with Crippen LogP contribution >= 0.6 is 0 Å². The van der Waals surface area contributed by atoms with Crippen LogP contribution in [0.4, 0.5) is 0 Å². The molecule has 1 radical (unpaired) electrons. The van der Waals surface area contributed by atoms with E-state index < -0.39 is 0 Å².